The van der Waals surface area contributed by atoms with Gasteiger partial charge >= 0.3 is 0 Å². The van der Waals surface area contributed by atoms with Gasteiger partial charge in [0.05, 0.1) is 5.56 Å². The lowest BCUT2D eigenvalue weighted by molar-refractivity contribution is 0.102. The van der Waals surface area contributed by atoms with E-state index in [1.807, 2.05) is 67.6 Å². The van der Waals surface area contributed by atoms with Crippen LogP contribution in [0.4, 0.5) is 17.1 Å². The van der Waals surface area contributed by atoms with Crippen LogP contribution in [0.1, 0.15) is 16.1 Å². The molecule has 2 aromatic carbocycles. The zero-order valence-electron chi connectivity index (χ0n) is 12.8. The number of amides is 1. The van der Waals surface area contributed by atoms with E-state index in [1.54, 1.807) is 12.3 Å². The van der Waals surface area contributed by atoms with Crippen molar-refractivity contribution >= 4 is 23.0 Å². The highest BCUT2D eigenvalue weighted by Gasteiger charge is 2.06. The first-order valence-electron chi connectivity index (χ1n) is 7.37. The lowest BCUT2D eigenvalue weighted by Crippen LogP contribution is -2.12. The van der Waals surface area contributed by atoms with Gasteiger partial charge in [-0.05, 0) is 55.5 Å². The van der Waals surface area contributed by atoms with Gasteiger partial charge in [-0.3, -0.25) is 9.78 Å². The molecule has 0 unspecified atom stereocenters. The van der Waals surface area contributed by atoms with E-state index in [1.165, 1.54) is 0 Å². The number of carbonyl (C=O) groups excluding carboxylic acids is 1. The first-order chi connectivity index (χ1) is 11.2. The molecule has 0 radical (unpaired) electrons. The minimum atomic E-state index is -0.165. The van der Waals surface area contributed by atoms with Crippen LogP contribution in [0.15, 0.2) is 72.9 Å². The van der Waals surface area contributed by atoms with Gasteiger partial charge in [-0.15, -0.1) is 0 Å². The highest BCUT2D eigenvalue weighted by atomic mass is 16.1. The molecule has 1 aromatic heterocycles. The van der Waals surface area contributed by atoms with E-state index < -0.39 is 0 Å². The lowest BCUT2D eigenvalue weighted by atomic mass is 10.2. The molecule has 4 heteroatoms. The summed E-state index contributed by atoms with van der Waals surface area (Å²) < 4.78 is 0. The van der Waals surface area contributed by atoms with E-state index in [9.17, 15) is 4.79 Å². The number of aryl methyl sites for hydroxylation is 1. The number of hydrogen-bond acceptors (Lipinski definition) is 3. The van der Waals surface area contributed by atoms with E-state index >= 15 is 0 Å². The molecule has 0 saturated heterocycles. The third kappa shape index (κ3) is 3.95. The maximum Gasteiger partial charge on any atom is 0.257 e. The summed E-state index contributed by atoms with van der Waals surface area (Å²) in [6.07, 6.45) is 1.58. The average molecular weight is 303 g/mol. The number of benzene rings is 2. The van der Waals surface area contributed by atoms with Gasteiger partial charge in [-0.25, -0.2) is 0 Å². The Labute approximate surface area is 135 Å². The summed E-state index contributed by atoms with van der Waals surface area (Å²) in [4.78, 5) is 16.3. The van der Waals surface area contributed by atoms with Crippen molar-refractivity contribution in [1.29, 1.82) is 0 Å². The van der Waals surface area contributed by atoms with Gasteiger partial charge in [0.1, 0.15) is 0 Å². The first-order valence-corrected chi connectivity index (χ1v) is 7.37. The molecule has 4 nitrogen and oxygen atoms in total. The lowest BCUT2D eigenvalue weighted by Gasteiger charge is -2.08. The van der Waals surface area contributed by atoms with Gasteiger partial charge in [-0.1, -0.05) is 18.2 Å². The van der Waals surface area contributed by atoms with Crippen molar-refractivity contribution in [1.82, 2.24) is 4.98 Å². The van der Waals surface area contributed by atoms with Crippen molar-refractivity contribution < 1.29 is 4.79 Å². The molecular weight excluding hydrogens is 286 g/mol. The SMILES string of the molecule is Cc1ccc(C(=O)Nc2ccc(Nc3ccccc3)cc2)cn1. The number of anilines is 3. The molecule has 3 aromatic rings. The number of carbonyl (C=O) groups is 1. The van der Waals surface area contributed by atoms with Crippen molar-refractivity contribution in [3.8, 4) is 0 Å². The zero-order valence-corrected chi connectivity index (χ0v) is 12.8. The largest absolute Gasteiger partial charge is 0.356 e. The highest BCUT2D eigenvalue weighted by molar-refractivity contribution is 6.04. The Bertz CT molecular complexity index is 781. The van der Waals surface area contributed by atoms with Gasteiger partial charge in [0.25, 0.3) is 5.91 Å². The van der Waals surface area contributed by atoms with Crippen molar-refractivity contribution in [2.45, 2.75) is 6.92 Å². The second-order valence-corrected chi connectivity index (χ2v) is 5.21. The highest BCUT2D eigenvalue weighted by Crippen LogP contribution is 2.19. The molecule has 0 aliphatic carbocycles. The molecule has 23 heavy (non-hydrogen) atoms. The summed E-state index contributed by atoms with van der Waals surface area (Å²) >= 11 is 0. The zero-order chi connectivity index (χ0) is 16.1. The minimum Gasteiger partial charge on any atom is -0.356 e. The number of nitrogens with one attached hydrogen (secondary N) is 2. The second kappa shape index (κ2) is 6.75. The molecule has 0 fully saturated rings. The number of pyridine rings is 1. The maximum absolute atomic E-state index is 12.1. The van der Waals surface area contributed by atoms with E-state index in [4.69, 9.17) is 0 Å². The minimum absolute atomic E-state index is 0.165. The molecule has 3 rings (SSSR count). The predicted molar refractivity (Wildman–Crippen MR) is 93.1 cm³/mol. The van der Waals surface area contributed by atoms with Gasteiger partial charge in [0, 0.05) is 29.0 Å². The van der Waals surface area contributed by atoms with Crippen LogP contribution in [-0.4, -0.2) is 10.9 Å². The Kier molecular flexibility index (Phi) is 4.34. The summed E-state index contributed by atoms with van der Waals surface area (Å²) in [6, 6.07) is 21.1. The predicted octanol–water partition coefficient (Wildman–Crippen LogP) is 4.39. The number of nitrogens with zero attached hydrogens (tertiary/aromatic N) is 1. The monoisotopic (exact) mass is 303 g/mol. The molecule has 0 aliphatic heterocycles. The molecule has 0 aliphatic rings. The van der Waals surface area contributed by atoms with Crippen LogP contribution in [0.2, 0.25) is 0 Å². The van der Waals surface area contributed by atoms with Gasteiger partial charge in [0.2, 0.25) is 0 Å². The Morgan fingerprint density at radius 1 is 0.826 bits per heavy atom. The summed E-state index contributed by atoms with van der Waals surface area (Å²) in [5.41, 5.74) is 4.16. The van der Waals surface area contributed by atoms with Crippen molar-refractivity contribution in [3.63, 3.8) is 0 Å². The third-order valence-electron chi connectivity index (χ3n) is 3.38. The Balaban J connectivity index is 1.65. The molecule has 114 valence electrons. The molecular formula is C19H17N3O. The fraction of sp³-hybridized carbons (Fsp3) is 0.0526. The summed E-state index contributed by atoms with van der Waals surface area (Å²) in [7, 11) is 0. The van der Waals surface area contributed by atoms with Crippen LogP contribution < -0.4 is 10.6 Å². The smallest absolute Gasteiger partial charge is 0.257 e. The Morgan fingerprint density at radius 3 is 2.13 bits per heavy atom. The van der Waals surface area contributed by atoms with E-state index in [0.717, 1.165) is 22.8 Å². The third-order valence-corrected chi connectivity index (χ3v) is 3.38. The number of rotatable bonds is 4. The second-order valence-electron chi connectivity index (χ2n) is 5.21. The van der Waals surface area contributed by atoms with E-state index in [0.29, 0.717) is 5.56 Å². The standard InChI is InChI=1S/C19H17N3O/c1-14-7-8-15(13-20-14)19(23)22-18-11-9-17(10-12-18)21-16-5-3-2-4-6-16/h2-13,21H,1H3,(H,22,23). The summed E-state index contributed by atoms with van der Waals surface area (Å²) in [5, 5.41) is 6.16. The molecule has 1 heterocycles. The average Bonchev–Trinajstić information content (AvgIpc) is 2.58. The van der Waals surface area contributed by atoms with E-state index in [-0.39, 0.29) is 5.91 Å². The number of para-hydroxylation sites is 1. The van der Waals surface area contributed by atoms with Gasteiger partial charge in [-0.2, -0.15) is 0 Å². The fourth-order valence-corrected chi connectivity index (χ4v) is 2.13. The topological polar surface area (TPSA) is 54.0 Å². The quantitative estimate of drug-likeness (QED) is 0.751. The van der Waals surface area contributed by atoms with Crippen molar-refractivity contribution in [3.05, 3.63) is 84.2 Å². The Hall–Kier alpha value is -3.14. The number of hydrogen-bond donors (Lipinski definition) is 2. The van der Waals surface area contributed by atoms with E-state index in [2.05, 4.69) is 15.6 Å². The van der Waals surface area contributed by atoms with Crippen LogP contribution in [0.5, 0.6) is 0 Å². The van der Waals surface area contributed by atoms with Gasteiger partial charge in [0.15, 0.2) is 0 Å². The Morgan fingerprint density at radius 2 is 1.48 bits per heavy atom. The molecule has 1 amide bonds. The van der Waals surface area contributed by atoms with Crippen LogP contribution in [-0.2, 0) is 0 Å². The summed E-state index contributed by atoms with van der Waals surface area (Å²) in [5.74, 6) is -0.165. The first kappa shape index (κ1) is 14.8. The molecule has 0 saturated carbocycles. The van der Waals surface area contributed by atoms with Crippen LogP contribution in [0, 0.1) is 6.92 Å². The fourth-order valence-electron chi connectivity index (χ4n) is 2.13. The number of aromatic nitrogens is 1. The summed E-state index contributed by atoms with van der Waals surface area (Å²) in [6.45, 7) is 1.89. The maximum atomic E-state index is 12.1. The van der Waals surface area contributed by atoms with Crippen LogP contribution >= 0.6 is 0 Å². The van der Waals surface area contributed by atoms with Crippen molar-refractivity contribution in [2.75, 3.05) is 10.6 Å². The molecule has 2 N–H and O–H groups in total. The van der Waals surface area contributed by atoms with Crippen LogP contribution in [0.25, 0.3) is 0 Å². The molecule has 0 bridgehead atoms. The normalized spacial score (nSPS) is 10.1. The van der Waals surface area contributed by atoms with Gasteiger partial charge < -0.3 is 10.6 Å². The van der Waals surface area contributed by atoms with Crippen molar-refractivity contribution in [2.24, 2.45) is 0 Å². The molecule has 0 spiro atoms. The molecule has 0 atom stereocenters. The van der Waals surface area contributed by atoms with Crippen LogP contribution in [0.3, 0.4) is 0 Å².